The lowest BCUT2D eigenvalue weighted by molar-refractivity contribution is -0.356. The average Bonchev–Trinajstić information content (AvgIpc) is 3.26. The van der Waals surface area contributed by atoms with Crippen molar-refractivity contribution in [2.45, 2.75) is 13.3 Å². The van der Waals surface area contributed by atoms with Crippen LogP contribution in [0.3, 0.4) is 0 Å². The Hall–Kier alpha value is -2.64. The number of phenols is 1. The summed E-state index contributed by atoms with van der Waals surface area (Å²) < 4.78 is 33.0. The fourth-order valence-electron chi connectivity index (χ4n) is 3.92. The molecule has 3 N–H and O–H groups in total. The molecule has 0 aliphatic carbocycles. The number of halogens is 3. The molecule has 0 radical (unpaired) electrons. The molecule has 0 atom stereocenters. The Morgan fingerprint density at radius 3 is 2.86 bits per heavy atom. The van der Waals surface area contributed by atoms with Gasteiger partial charge >= 0.3 is 6.97 Å². The van der Waals surface area contributed by atoms with Crippen molar-refractivity contribution in [1.82, 2.24) is 4.48 Å². The second-order valence-corrected chi connectivity index (χ2v) is 7.27. The van der Waals surface area contributed by atoms with Crippen molar-refractivity contribution in [1.29, 1.82) is 0 Å². The van der Waals surface area contributed by atoms with Crippen molar-refractivity contribution in [3.63, 3.8) is 0 Å². The minimum absolute atomic E-state index is 0.0534. The SMILES string of the molecule is Cc1cc(C=Cc2cccc(O)c2Cl)n2c1C(CCN)=C1C=CC=[N+]1[B-]2(F)F. The third kappa shape index (κ3) is 2.74. The van der Waals surface area contributed by atoms with E-state index in [0.29, 0.717) is 35.6 Å². The Labute approximate surface area is 166 Å². The van der Waals surface area contributed by atoms with E-state index in [-0.39, 0.29) is 10.8 Å². The van der Waals surface area contributed by atoms with Crippen molar-refractivity contribution < 1.29 is 18.2 Å². The summed E-state index contributed by atoms with van der Waals surface area (Å²) in [4.78, 5) is 0. The Balaban J connectivity index is 1.89. The molecule has 0 amide bonds. The van der Waals surface area contributed by atoms with E-state index in [1.807, 2.05) is 6.92 Å². The molecule has 144 valence electrons. The lowest BCUT2D eigenvalue weighted by Crippen LogP contribution is -2.50. The van der Waals surface area contributed by atoms with E-state index in [1.165, 1.54) is 12.3 Å². The van der Waals surface area contributed by atoms with Crippen LogP contribution in [0.4, 0.5) is 8.63 Å². The average molecular weight is 402 g/mol. The Morgan fingerprint density at radius 2 is 2.11 bits per heavy atom. The number of aryl methyl sites for hydroxylation is 1. The fourth-order valence-corrected chi connectivity index (χ4v) is 4.11. The van der Waals surface area contributed by atoms with E-state index in [0.717, 1.165) is 20.1 Å². The van der Waals surface area contributed by atoms with Gasteiger partial charge in [-0.15, -0.1) is 0 Å². The maximum Gasteiger partial charge on any atom is 0.737 e. The summed E-state index contributed by atoms with van der Waals surface area (Å²) in [5.41, 5.74) is 9.28. The molecule has 8 heteroatoms. The molecular formula is C20H19BClF2N3O. The number of aromatic hydroxyl groups is 1. The predicted octanol–water partition coefficient (Wildman–Crippen LogP) is 4.28. The number of allylic oxidation sites excluding steroid dienone is 2. The highest BCUT2D eigenvalue weighted by molar-refractivity contribution is 6.58. The maximum atomic E-state index is 15.4. The summed E-state index contributed by atoms with van der Waals surface area (Å²) in [5.74, 6) is -0.0534. The Bertz CT molecular complexity index is 1100. The molecule has 3 heterocycles. The van der Waals surface area contributed by atoms with Crippen LogP contribution in [-0.2, 0) is 0 Å². The molecule has 0 unspecified atom stereocenters. The van der Waals surface area contributed by atoms with Gasteiger partial charge in [-0.25, -0.2) is 0 Å². The van der Waals surface area contributed by atoms with Crippen molar-refractivity contribution in [3.8, 4) is 5.75 Å². The molecule has 4 rings (SSSR count). The van der Waals surface area contributed by atoms with Gasteiger partial charge in [0.05, 0.1) is 5.02 Å². The number of nitrogens with zero attached hydrogens (tertiary/aromatic N) is 2. The zero-order chi connectivity index (χ0) is 20.1. The normalized spacial score (nSPS) is 17.2. The van der Waals surface area contributed by atoms with Gasteiger partial charge in [-0.1, -0.05) is 29.8 Å². The smallest absolute Gasteiger partial charge is 0.506 e. The van der Waals surface area contributed by atoms with Crippen LogP contribution in [-0.4, -0.2) is 33.8 Å². The van der Waals surface area contributed by atoms with Crippen LogP contribution in [0.25, 0.3) is 17.7 Å². The number of fused-ring (bicyclic) bond motifs is 2. The van der Waals surface area contributed by atoms with E-state index in [9.17, 15) is 5.11 Å². The molecule has 0 bridgehead atoms. The summed E-state index contributed by atoms with van der Waals surface area (Å²) in [7, 11) is 0. The topological polar surface area (TPSA) is 54.2 Å². The van der Waals surface area contributed by atoms with Crippen LogP contribution in [0.2, 0.25) is 5.02 Å². The van der Waals surface area contributed by atoms with E-state index in [1.54, 1.807) is 42.5 Å². The number of aromatic nitrogens is 1. The first-order valence-electron chi connectivity index (χ1n) is 8.99. The predicted molar refractivity (Wildman–Crippen MR) is 111 cm³/mol. The molecule has 1 aromatic carbocycles. The van der Waals surface area contributed by atoms with Crippen molar-refractivity contribution in [2.75, 3.05) is 6.54 Å². The van der Waals surface area contributed by atoms with Crippen molar-refractivity contribution in [3.05, 3.63) is 69.7 Å². The van der Waals surface area contributed by atoms with E-state index in [2.05, 4.69) is 0 Å². The second kappa shape index (κ2) is 6.76. The highest BCUT2D eigenvalue weighted by atomic mass is 35.5. The third-order valence-electron chi connectivity index (χ3n) is 5.11. The molecule has 2 aromatic rings. The monoisotopic (exact) mass is 401 g/mol. The summed E-state index contributed by atoms with van der Waals surface area (Å²) in [6, 6.07) is 6.57. The van der Waals surface area contributed by atoms with Crippen LogP contribution < -0.4 is 5.73 Å². The van der Waals surface area contributed by atoms with Gasteiger partial charge in [0, 0.05) is 29.1 Å². The van der Waals surface area contributed by atoms with Gasteiger partial charge in [-0.05, 0) is 49.2 Å². The van der Waals surface area contributed by atoms with Crippen molar-refractivity contribution in [2.24, 2.45) is 5.73 Å². The molecule has 4 nitrogen and oxygen atoms in total. The second-order valence-electron chi connectivity index (χ2n) is 6.89. The molecule has 0 saturated carbocycles. The quantitative estimate of drug-likeness (QED) is 0.752. The maximum absolute atomic E-state index is 15.4. The minimum Gasteiger partial charge on any atom is -0.506 e. The molecule has 0 fully saturated rings. The molecule has 2 aliphatic rings. The summed E-state index contributed by atoms with van der Waals surface area (Å²) in [6.07, 6.45) is 8.47. The first kappa shape index (κ1) is 18.7. The van der Waals surface area contributed by atoms with Gasteiger partial charge in [0.2, 0.25) is 0 Å². The Kier molecular flexibility index (Phi) is 4.52. The summed E-state index contributed by atoms with van der Waals surface area (Å²) >= 11 is 6.11. The number of phenolic OH excluding ortho intramolecular Hbond substituents is 1. The number of nitrogens with two attached hydrogens (primary N) is 1. The summed E-state index contributed by atoms with van der Waals surface area (Å²) in [5, 5.41) is 9.93. The molecular weight excluding hydrogens is 383 g/mol. The fraction of sp³-hybridized carbons (Fsp3) is 0.150. The molecule has 0 spiro atoms. The van der Waals surface area contributed by atoms with Crippen LogP contribution >= 0.6 is 11.6 Å². The van der Waals surface area contributed by atoms with Gasteiger partial charge in [0.25, 0.3) is 0 Å². The molecule has 28 heavy (non-hydrogen) atoms. The van der Waals surface area contributed by atoms with Crippen LogP contribution in [0.1, 0.15) is 28.9 Å². The van der Waals surface area contributed by atoms with E-state index in [4.69, 9.17) is 17.3 Å². The highest BCUT2D eigenvalue weighted by Gasteiger charge is 2.52. The van der Waals surface area contributed by atoms with E-state index >= 15 is 8.63 Å². The van der Waals surface area contributed by atoms with Gasteiger partial charge in [0.15, 0.2) is 5.70 Å². The first-order valence-corrected chi connectivity index (χ1v) is 9.37. The lowest BCUT2D eigenvalue weighted by Gasteiger charge is -2.32. The molecule has 2 aliphatic heterocycles. The third-order valence-corrected chi connectivity index (χ3v) is 5.52. The first-order chi connectivity index (χ1) is 13.4. The van der Waals surface area contributed by atoms with Gasteiger partial charge in [-0.2, -0.15) is 0 Å². The number of hydrogen-bond acceptors (Lipinski definition) is 2. The van der Waals surface area contributed by atoms with Gasteiger partial charge in [-0.3, -0.25) is 0 Å². The van der Waals surface area contributed by atoms with E-state index < -0.39 is 6.97 Å². The highest BCUT2D eigenvalue weighted by Crippen LogP contribution is 2.40. The minimum atomic E-state index is -4.04. The standard InChI is InChI=1S/C20H19BClF2N3O/c1-13-12-15(8-7-14-4-2-6-18(28)19(14)22)27-20(13)16(9-10-25)17-5-3-11-26(17)21(27,23)24/h2-8,11-12,28H,9-10,25H2,1H3. The van der Waals surface area contributed by atoms with Crippen LogP contribution in [0.15, 0.2) is 42.1 Å². The molecule has 0 saturated heterocycles. The number of rotatable bonds is 4. The number of benzene rings is 1. The van der Waals surface area contributed by atoms with Crippen LogP contribution in [0, 0.1) is 6.92 Å². The lowest BCUT2D eigenvalue weighted by atomic mass is 9.86. The largest absolute Gasteiger partial charge is 0.737 e. The van der Waals surface area contributed by atoms with Crippen LogP contribution in [0.5, 0.6) is 5.75 Å². The zero-order valence-corrected chi connectivity index (χ0v) is 16.0. The molecule has 1 aromatic heterocycles. The zero-order valence-electron chi connectivity index (χ0n) is 15.2. The summed E-state index contributed by atoms with van der Waals surface area (Å²) in [6.45, 7) is -1.85. The van der Waals surface area contributed by atoms with Crippen molar-refractivity contribution >= 4 is 42.5 Å². The van der Waals surface area contributed by atoms with Gasteiger partial charge in [0.1, 0.15) is 12.0 Å². The Morgan fingerprint density at radius 1 is 1.32 bits per heavy atom. The number of hydrogen-bond donors (Lipinski definition) is 2. The van der Waals surface area contributed by atoms with Gasteiger partial charge < -0.3 is 28.4 Å².